The van der Waals surface area contributed by atoms with Gasteiger partial charge in [0.2, 0.25) is 5.95 Å². The highest BCUT2D eigenvalue weighted by Crippen LogP contribution is 2.26. The van der Waals surface area contributed by atoms with Crippen LogP contribution in [0.1, 0.15) is 35.3 Å². The number of aliphatic hydroxyl groups excluding tert-OH is 2. The zero-order chi connectivity index (χ0) is 20.1. The molecule has 8 heteroatoms. The van der Waals surface area contributed by atoms with Gasteiger partial charge < -0.3 is 24.9 Å². The Morgan fingerprint density at radius 1 is 1.21 bits per heavy atom. The second-order valence-corrected chi connectivity index (χ2v) is 8.12. The molecular formula is C20H33N5O3. The molecule has 28 heavy (non-hydrogen) atoms. The molecule has 0 aromatic carbocycles. The average Bonchev–Trinajstić information content (AvgIpc) is 3.11. The molecule has 3 rings (SSSR count). The van der Waals surface area contributed by atoms with Gasteiger partial charge in [-0.1, -0.05) is 0 Å². The number of likely N-dealkylation sites (tertiary alicyclic amines) is 1. The molecule has 0 saturated carbocycles. The largest absolute Gasteiger partial charge is 0.396 e. The Morgan fingerprint density at radius 3 is 2.57 bits per heavy atom. The fourth-order valence-corrected chi connectivity index (χ4v) is 4.26. The van der Waals surface area contributed by atoms with Crippen molar-refractivity contribution in [3.8, 4) is 0 Å². The monoisotopic (exact) mass is 391 g/mol. The summed E-state index contributed by atoms with van der Waals surface area (Å²) in [4.78, 5) is 28.2. The molecular weight excluding hydrogens is 358 g/mol. The first-order chi connectivity index (χ1) is 13.5. The van der Waals surface area contributed by atoms with Crippen molar-refractivity contribution in [2.45, 2.75) is 26.2 Å². The van der Waals surface area contributed by atoms with Gasteiger partial charge in [-0.15, -0.1) is 0 Å². The highest BCUT2D eigenvalue weighted by Gasteiger charge is 2.36. The van der Waals surface area contributed by atoms with Crippen LogP contribution in [0.4, 0.5) is 5.95 Å². The number of hydrogen-bond acceptors (Lipinski definition) is 7. The molecule has 2 aliphatic heterocycles. The van der Waals surface area contributed by atoms with E-state index in [2.05, 4.69) is 14.9 Å². The van der Waals surface area contributed by atoms with Crippen LogP contribution in [0.5, 0.6) is 0 Å². The van der Waals surface area contributed by atoms with Crippen molar-refractivity contribution in [1.29, 1.82) is 0 Å². The summed E-state index contributed by atoms with van der Waals surface area (Å²) < 4.78 is 0. The molecule has 8 nitrogen and oxygen atoms in total. The summed E-state index contributed by atoms with van der Waals surface area (Å²) in [6.07, 6.45) is 5.23. The number of rotatable bonds is 7. The maximum Gasteiger partial charge on any atom is 0.257 e. The third-order valence-corrected chi connectivity index (χ3v) is 5.96. The zero-order valence-corrected chi connectivity index (χ0v) is 17.0. The second-order valence-electron chi connectivity index (χ2n) is 8.12. The number of hydrogen-bond donors (Lipinski definition) is 2. The van der Waals surface area contributed by atoms with Crippen LogP contribution < -0.4 is 4.90 Å². The summed E-state index contributed by atoms with van der Waals surface area (Å²) in [6, 6.07) is 0. The Balaban J connectivity index is 1.67. The van der Waals surface area contributed by atoms with Crippen LogP contribution >= 0.6 is 0 Å². The number of aryl methyl sites for hydroxylation is 1. The Hall–Kier alpha value is -1.77. The van der Waals surface area contributed by atoms with Crippen molar-refractivity contribution in [3.05, 3.63) is 17.5 Å². The van der Waals surface area contributed by atoms with Crippen LogP contribution in [0, 0.1) is 18.8 Å². The van der Waals surface area contributed by atoms with Gasteiger partial charge >= 0.3 is 0 Å². The van der Waals surface area contributed by atoms with Crippen LogP contribution in [0.15, 0.2) is 6.20 Å². The first-order valence-electron chi connectivity index (χ1n) is 10.3. The number of likely N-dealkylation sites (N-methyl/N-ethyl adjacent to an activating group) is 1. The van der Waals surface area contributed by atoms with E-state index in [1.165, 1.54) is 6.42 Å². The highest BCUT2D eigenvalue weighted by atomic mass is 16.3. The van der Waals surface area contributed by atoms with Crippen molar-refractivity contribution in [2.75, 3.05) is 64.4 Å². The van der Waals surface area contributed by atoms with E-state index in [1.54, 1.807) is 6.20 Å². The smallest absolute Gasteiger partial charge is 0.257 e. The summed E-state index contributed by atoms with van der Waals surface area (Å²) in [5, 5.41) is 18.8. The van der Waals surface area contributed by atoms with Crippen molar-refractivity contribution >= 4 is 11.9 Å². The van der Waals surface area contributed by atoms with Crippen molar-refractivity contribution in [2.24, 2.45) is 11.8 Å². The SMILES string of the molecule is Cc1nc(N2CCCCC2)ncc1C(=O)N1CC(CO)C(CN(C)CCO)C1. The fraction of sp³-hybridized carbons (Fsp3) is 0.750. The lowest BCUT2D eigenvalue weighted by molar-refractivity contribution is 0.0777. The third kappa shape index (κ3) is 4.79. The minimum atomic E-state index is -0.0616. The molecule has 1 aromatic heterocycles. The van der Waals surface area contributed by atoms with Crippen LogP contribution in [0.25, 0.3) is 0 Å². The molecule has 0 spiro atoms. The standard InChI is InChI=1S/C20H33N5O3/c1-15-18(10-21-20(22-15)24-6-4-3-5-7-24)19(28)25-12-16(17(13-25)14-27)11-23(2)8-9-26/h10,16-17,26-27H,3-9,11-14H2,1-2H3. The lowest BCUT2D eigenvalue weighted by Crippen LogP contribution is -2.34. The topological polar surface area (TPSA) is 93.0 Å². The molecule has 156 valence electrons. The van der Waals surface area contributed by atoms with E-state index in [-0.39, 0.29) is 31.0 Å². The molecule has 3 heterocycles. The van der Waals surface area contributed by atoms with Gasteiger partial charge in [-0.3, -0.25) is 4.79 Å². The summed E-state index contributed by atoms with van der Waals surface area (Å²) >= 11 is 0. The lowest BCUT2D eigenvalue weighted by atomic mass is 9.96. The Bertz CT molecular complexity index is 665. The van der Waals surface area contributed by atoms with E-state index >= 15 is 0 Å². The van der Waals surface area contributed by atoms with Gasteiger partial charge in [0.25, 0.3) is 5.91 Å². The van der Waals surface area contributed by atoms with Crippen molar-refractivity contribution < 1.29 is 15.0 Å². The van der Waals surface area contributed by atoms with Gasteiger partial charge in [0, 0.05) is 58.0 Å². The Kier molecular flexibility index (Phi) is 7.20. The Labute approximate surface area is 167 Å². The number of aliphatic hydroxyl groups is 2. The van der Waals surface area contributed by atoms with Gasteiger partial charge in [0.05, 0.1) is 17.9 Å². The van der Waals surface area contributed by atoms with E-state index in [0.717, 1.165) is 32.5 Å². The van der Waals surface area contributed by atoms with Gasteiger partial charge in [0.1, 0.15) is 0 Å². The normalized spacial score (nSPS) is 22.9. The molecule has 0 aliphatic carbocycles. The Morgan fingerprint density at radius 2 is 1.93 bits per heavy atom. The predicted octanol–water partition coefficient (Wildman–Crippen LogP) is 0.380. The first kappa shape index (κ1) is 21.0. The van der Waals surface area contributed by atoms with Gasteiger partial charge in [-0.25, -0.2) is 9.97 Å². The van der Waals surface area contributed by atoms with E-state index in [9.17, 15) is 9.90 Å². The van der Waals surface area contributed by atoms with E-state index in [1.807, 2.05) is 23.8 Å². The van der Waals surface area contributed by atoms with E-state index in [0.29, 0.717) is 36.8 Å². The summed E-state index contributed by atoms with van der Waals surface area (Å²) in [5.41, 5.74) is 1.25. The van der Waals surface area contributed by atoms with Crippen LogP contribution in [-0.4, -0.2) is 95.4 Å². The third-order valence-electron chi connectivity index (χ3n) is 5.96. The predicted molar refractivity (Wildman–Crippen MR) is 107 cm³/mol. The second kappa shape index (κ2) is 9.62. The number of nitrogens with zero attached hydrogens (tertiary/aromatic N) is 5. The van der Waals surface area contributed by atoms with Gasteiger partial charge in [0.15, 0.2) is 0 Å². The first-order valence-corrected chi connectivity index (χ1v) is 10.3. The molecule has 2 aliphatic rings. The molecule has 2 N–H and O–H groups in total. The quantitative estimate of drug-likeness (QED) is 0.694. The van der Waals surface area contributed by atoms with Gasteiger partial charge in [-0.2, -0.15) is 0 Å². The zero-order valence-electron chi connectivity index (χ0n) is 17.0. The molecule has 2 saturated heterocycles. The summed E-state index contributed by atoms with van der Waals surface area (Å²) in [7, 11) is 1.95. The maximum atomic E-state index is 13.1. The van der Waals surface area contributed by atoms with Crippen molar-refractivity contribution in [1.82, 2.24) is 19.8 Å². The average molecular weight is 392 g/mol. The van der Waals surface area contributed by atoms with E-state index < -0.39 is 0 Å². The highest BCUT2D eigenvalue weighted by molar-refractivity contribution is 5.95. The van der Waals surface area contributed by atoms with Crippen LogP contribution in [0.2, 0.25) is 0 Å². The van der Waals surface area contributed by atoms with Crippen molar-refractivity contribution in [3.63, 3.8) is 0 Å². The minimum absolute atomic E-state index is 0.0546. The van der Waals surface area contributed by atoms with Crippen LogP contribution in [-0.2, 0) is 0 Å². The van der Waals surface area contributed by atoms with E-state index in [4.69, 9.17) is 5.11 Å². The maximum absolute atomic E-state index is 13.1. The fourth-order valence-electron chi connectivity index (χ4n) is 4.26. The summed E-state index contributed by atoms with van der Waals surface area (Å²) in [6.45, 7) is 6.47. The number of carbonyl (C=O) groups is 1. The number of aromatic nitrogens is 2. The number of anilines is 1. The van der Waals surface area contributed by atoms with Crippen LogP contribution in [0.3, 0.4) is 0 Å². The minimum Gasteiger partial charge on any atom is -0.396 e. The molecule has 1 aromatic rings. The molecule has 0 bridgehead atoms. The summed E-state index contributed by atoms with van der Waals surface area (Å²) in [5.74, 6) is 0.902. The number of piperidine rings is 1. The lowest BCUT2D eigenvalue weighted by Gasteiger charge is -2.27. The molecule has 2 fully saturated rings. The molecule has 2 atom stereocenters. The molecule has 2 unspecified atom stereocenters. The molecule has 1 amide bonds. The number of amides is 1. The number of carbonyl (C=O) groups excluding carboxylic acids is 1. The molecule has 0 radical (unpaired) electrons. The van der Waals surface area contributed by atoms with Gasteiger partial charge in [-0.05, 0) is 39.2 Å².